The molecular weight excluding hydrogens is 447 g/mol. The molecule has 1 aromatic heterocycles. The van der Waals surface area contributed by atoms with Crippen molar-refractivity contribution in [2.24, 2.45) is 0 Å². The molecule has 0 aliphatic carbocycles. The summed E-state index contributed by atoms with van der Waals surface area (Å²) in [5.41, 5.74) is 4.18. The van der Waals surface area contributed by atoms with Gasteiger partial charge >= 0.3 is 0 Å². The van der Waals surface area contributed by atoms with Crippen molar-refractivity contribution in [1.29, 1.82) is 0 Å². The molecule has 4 heterocycles. The van der Waals surface area contributed by atoms with Crippen molar-refractivity contribution in [3.63, 3.8) is 0 Å². The van der Waals surface area contributed by atoms with Crippen LogP contribution in [0.1, 0.15) is 84.0 Å². The molecule has 0 bridgehead atoms. The smallest absolute Gasteiger partial charge is 0.255 e. The summed E-state index contributed by atoms with van der Waals surface area (Å²) in [5.74, 6) is -0.935. The molecule has 2 saturated heterocycles. The summed E-state index contributed by atoms with van der Waals surface area (Å²) in [6.07, 6.45) is 6.03. The number of aromatic nitrogens is 1. The van der Waals surface area contributed by atoms with Crippen molar-refractivity contribution in [3.8, 4) is 0 Å². The molecule has 7 nitrogen and oxygen atoms in total. The third-order valence-corrected chi connectivity index (χ3v) is 7.56. The van der Waals surface area contributed by atoms with Gasteiger partial charge in [-0.25, -0.2) is 4.39 Å². The first-order valence-electron chi connectivity index (χ1n) is 12.4. The molecule has 0 radical (unpaired) electrons. The molecule has 1 aromatic carbocycles. The van der Waals surface area contributed by atoms with Crippen LogP contribution in [0.4, 0.5) is 4.39 Å². The van der Waals surface area contributed by atoms with Gasteiger partial charge < -0.3 is 4.90 Å². The lowest BCUT2D eigenvalue weighted by molar-refractivity contribution is -0.136. The molecule has 184 valence electrons. The predicted octanol–water partition coefficient (Wildman–Crippen LogP) is 3.48. The summed E-state index contributed by atoms with van der Waals surface area (Å²) < 4.78 is 15.1. The average Bonchev–Trinajstić information content (AvgIpc) is 3.14. The number of carbonyl (C=O) groups excluding carboxylic acids is 3. The third-order valence-electron chi connectivity index (χ3n) is 7.56. The Kier molecular flexibility index (Phi) is 6.40. The molecule has 3 aliphatic heterocycles. The second-order valence-electron chi connectivity index (χ2n) is 10.3. The zero-order valence-electron chi connectivity index (χ0n) is 20.2. The van der Waals surface area contributed by atoms with Crippen molar-refractivity contribution < 1.29 is 18.8 Å². The van der Waals surface area contributed by atoms with Gasteiger partial charge in [-0.3, -0.25) is 29.6 Å². The minimum Gasteiger partial charge on any atom is -0.322 e. The van der Waals surface area contributed by atoms with Crippen molar-refractivity contribution in [2.75, 3.05) is 13.1 Å². The van der Waals surface area contributed by atoms with Gasteiger partial charge in [-0.2, -0.15) is 0 Å². The van der Waals surface area contributed by atoms with Gasteiger partial charge in [0, 0.05) is 37.5 Å². The van der Waals surface area contributed by atoms with E-state index in [0.29, 0.717) is 23.5 Å². The van der Waals surface area contributed by atoms with Crippen LogP contribution >= 0.6 is 0 Å². The Morgan fingerprint density at radius 1 is 1.09 bits per heavy atom. The molecule has 3 amide bonds. The normalized spacial score (nSPS) is 21.5. The van der Waals surface area contributed by atoms with Crippen molar-refractivity contribution in [2.45, 2.75) is 70.5 Å². The maximum Gasteiger partial charge on any atom is 0.255 e. The van der Waals surface area contributed by atoms with Gasteiger partial charge in [0.25, 0.3) is 5.91 Å². The van der Waals surface area contributed by atoms with Crippen LogP contribution in [0.25, 0.3) is 0 Å². The number of rotatable bonds is 5. The molecule has 3 aliphatic rings. The Hall–Kier alpha value is -3.13. The summed E-state index contributed by atoms with van der Waals surface area (Å²) in [4.78, 5) is 44.9. The maximum atomic E-state index is 15.1. The van der Waals surface area contributed by atoms with E-state index in [-0.39, 0.29) is 36.5 Å². The van der Waals surface area contributed by atoms with Crippen molar-refractivity contribution >= 4 is 17.7 Å². The Labute approximate surface area is 204 Å². The van der Waals surface area contributed by atoms with Gasteiger partial charge in [0.2, 0.25) is 11.8 Å². The van der Waals surface area contributed by atoms with Crippen LogP contribution in [-0.2, 0) is 22.7 Å². The Morgan fingerprint density at radius 2 is 1.86 bits per heavy atom. The first-order valence-corrected chi connectivity index (χ1v) is 12.4. The summed E-state index contributed by atoms with van der Waals surface area (Å²) >= 11 is 0. The highest BCUT2D eigenvalue weighted by molar-refractivity contribution is 6.05. The summed E-state index contributed by atoms with van der Waals surface area (Å²) in [5, 5.41) is 2.30. The zero-order valence-corrected chi connectivity index (χ0v) is 20.2. The molecule has 2 aromatic rings. The minimum atomic E-state index is -0.689. The van der Waals surface area contributed by atoms with Crippen LogP contribution < -0.4 is 5.32 Å². The largest absolute Gasteiger partial charge is 0.322 e. The summed E-state index contributed by atoms with van der Waals surface area (Å²) in [6, 6.07) is 4.69. The maximum absolute atomic E-state index is 15.1. The zero-order chi connectivity index (χ0) is 24.7. The van der Waals surface area contributed by atoms with Crippen molar-refractivity contribution in [1.82, 2.24) is 20.1 Å². The van der Waals surface area contributed by atoms with Gasteiger partial charge in [-0.05, 0) is 72.5 Å². The monoisotopic (exact) mass is 478 g/mol. The number of nitrogens with one attached hydrogen (secondary N) is 1. The second kappa shape index (κ2) is 9.49. The molecule has 1 atom stereocenters. The number of likely N-dealkylation sites (tertiary alicyclic amines) is 1. The Morgan fingerprint density at radius 3 is 2.57 bits per heavy atom. The van der Waals surface area contributed by atoms with Gasteiger partial charge in [0.1, 0.15) is 11.9 Å². The number of piperidine rings is 2. The lowest BCUT2D eigenvalue weighted by Crippen LogP contribution is -2.52. The van der Waals surface area contributed by atoms with E-state index < -0.39 is 11.9 Å². The van der Waals surface area contributed by atoms with E-state index in [0.717, 1.165) is 38.0 Å². The van der Waals surface area contributed by atoms with E-state index >= 15 is 4.39 Å². The molecule has 35 heavy (non-hydrogen) atoms. The Balaban J connectivity index is 1.25. The van der Waals surface area contributed by atoms with Crippen LogP contribution in [0, 0.1) is 5.82 Å². The predicted molar refractivity (Wildman–Crippen MR) is 128 cm³/mol. The third kappa shape index (κ3) is 4.72. The van der Waals surface area contributed by atoms with E-state index in [4.69, 9.17) is 0 Å². The number of amides is 3. The van der Waals surface area contributed by atoms with Crippen LogP contribution in [-0.4, -0.2) is 51.6 Å². The first kappa shape index (κ1) is 23.6. The lowest BCUT2D eigenvalue weighted by Gasteiger charge is -2.32. The SMILES string of the molecule is CC(C)c1cncc(CN2CCC(c3cc4c(cc3F)C(=O)N(C3CCC(=O)NC3=O)C4)CC2)c1. The fraction of sp³-hybridized carbons (Fsp3) is 0.481. The molecule has 2 fully saturated rings. The number of pyridine rings is 1. The van der Waals surface area contributed by atoms with E-state index in [9.17, 15) is 14.4 Å². The van der Waals surface area contributed by atoms with Crippen LogP contribution in [0.2, 0.25) is 0 Å². The number of hydrogen-bond acceptors (Lipinski definition) is 5. The fourth-order valence-corrected chi connectivity index (χ4v) is 5.49. The van der Waals surface area contributed by atoms with E-state index in [1.54, 1.807) is 0 Å². The highest BCUT2D eigenvalue weighted by Gasteiger charge is 2.40. The molecule has 8 heteroatoms. The molecule has 5 rings (SSSR count). The molecule has 1 N–H and O–H groups in total. The number of benzene rings is 1. The lowest BCUT2D eigenvalue weighted by atomic mass is 9.87. The highest BCUT2D eigenvalue weighted by Crippen LogP contribution is 2.35. The van der Waals surface area contributed by atoms with E-state index in [1.165, 1.54) is 22.1 Å². The van der Waals surface area contributed by atoms with Gasteiger partial charge in [0.05, 0.1) is 0 Å². The van der Waals surface area contributed by atoms with Crippen LogP contribution in [0.15, 0.2) is 30.6 Å². The minimum absolute atomic E-state index is 0.0939. The number of imide groups is 1. The average molecular weight is 479 g/mol. The van der Waals surface area contributed by atoms with Gasteiger partial charge in [-0.1, -0.05) is 26.0 Å². The second-order valence-corrected chi connectivity index (χ2v) is 10.3. The van der Waals surface area contributed by atoms with Crippen LogP contribution in [0.5, 0.6) is 0 Å². The molecule has 0 spiro atoms. The standard InChI is InChI=1S/C27H31FN4O3/c1-16(2)19-9-17(12-29-13-19)14-31-7-5-18(6-8-31)21-10-20-15-32(27(35)22(20)11-23(21)28)24-3-4-25(33)30-26(24)34/h9-13,16,18,24H,3-8,14-15H2,1-2H3,(H,30,33,34). The van der Waals surface area contributed by atoms with Gasteiger partial charge in [-0.15, -0.1) is 0 Å². The number of fused-ring (bicyclic) bond motifs is 1. The molecular formula is C27H31FN4O3. The summed E-state index contributed by atoms with van der Waals surface area (Å²) in [6.45, 7) is 7.17. The van der Waals surface area contributed by atoms with E-state index in [1.807, 2.05) is 18.5 Å². The van der Waals surface area contributed by atoms with E-state index in [2.05, 4.69) is 35.1 Å². The molecule has 1 unspecified atom stereocenters. The first-order chi connectivity index (χ1) is 16.8. The van der Waals surface area contributed by atoms with Crippen LogP contribution in [0.3, 0.4) is 0 Å². The number of halogens is 1. The quantitative estimate of drug-likeness (QED) is 0.666. The topological polar surface area (TPSA) is 82.6 Å². The number of nitrogens with zero attached hydrogens (tertiary/aromatic N) is 3. The number of carbonyl (C=O) groups is 3. The Bertz CT molecular complexity index is 1170. The highest BCUT2D eigenvalue weighted by atomic mass is 19.1. The molecule has 0 saturated carbocycles. The summed E-state index contributed by atoms with van der Waals surface area (Å²) in [7, 11) is 0. The number of hydrogen-bond donors (Lipinski definition) is 1. The van der Waals surface area contributed by atoms with Crippen molar-refractivity contribution in [3.05, 3.63) is 64.2 Å². The fourth-order valence-electron chi connectivity index (χ4n) is 5.49. The van der Waals surface area contributed by atoms with Gasteiger partial charge in [0.15, 0.2) is 0 Å².